The minimum Gasteiger partial charge on any atom is -0.397 e. The fourth-order valence-corrected chi connectivity index (χ4v) is 2.36. The first-order valence-corrected chi connectivity index (χ1v) is 5.88. The van der Waals surface area contributed by atoms with Gasteiger partial charge in [-0.3, -0.25) is 4.79 Å². The molecule has 4 heteroatoms. The van der Waals surface area contributed by atoms with Gasteiger partial charge in [-0.2, -0.15) is 0 Å². The van der Waals surface area contributed by atoms with Crippen molar-refractivity contribution in [1.29, 1.82) is 0 Å². The Labute approximate surface area is 100 Å². The molecule has 0 aromatic heterocycles. The van der Waals surface area contributed by atoms with Crippen LogP contribution in [0.1, 0.15) is 12.0 Å². The Balaban J connectivity index is 2.35. The summed E-state index contributed by atoms with van der Waals surface area (Å²) in [4.78, 5) is 13.6. The zero-order chi connectivity index (χ0) is 11.7. The zero-order valence-electron chi connectivity index (χ0n) is 9.24. The van der Waals surface area contributed by atoms with E-state index in [-0.39, 0.29) is 11.8 Å². The van der Waals surface area contributed by atoms with E-state index in [4.69, 9.17) is 17.3 Å². The van der Waals surface area contributed by atoms with Crippen LogP contribution in [-0.4, -0.2) is 18.3 Å². The molecule has 1 fully saturated rings. The van der Waals surface area contributed by atoms with Gasteiger partial charge in [-0.1, -0.05) is 12.1 Å². The molecule has 1 aromatic rings. The lowest BCUT2D eigenvalue weighted by molar-refractivity contribution is -0.117. The van der Waals surface area contributed by atoms with E-state index in [1.54, 1.807) is 4.90 Å². The van der Waals surface area contributed by atoms with Crippen LogP contribution in [0, 0.1) is 12.8 Å². The number of para-hydroxylation sites is 1. The topological polar surface area (TPSA) is 46.3 Å². The van der Waals surface area contributed by atoms with Crippen molar-refractivity contribution in [2.24, 2.45) is 5.92 Å². The smallest absolute Gasteiger partial charge is 0.227 e. The Morgan fingerprint density at radius 2 is 2.31 bits per heavy atom. The molecule has 16 heavy (non-hydrogen) atoms. The molecule has 2 N–H and O–H groups in total. The number of carbonyl (C=O) groups is 1. The minimum absolute atomic E-state index is 0.117. The number of nitrogens with zero attached hydrogens (tertiary/aromatic N) is 1. The zero-order valence-corrected chi connectivity index (χ0v) is 10.00. The summed E-state index contributed by atoms with van der Waals surface area (Å²) in [5.74, 6) is 0.883. The molecule has 2 rings (SSSR count). The molecule has 0 spiro atoms. The van der Waals surface area contributed by atoms with Crippen molar-refractivity contribution in [3.63, 3.8) is 0 Å². The van der Waals surface area contributed by atoms with Crippen LogP contribution in [0.4, 0.5) is 11.4 Å². The number of aryl methyl sites for hydroxylation is 1. The van der Waals surface area contributed by atoms with Gasteiger partial charge < -0.3 is 10.6 Å². The third-order valence-electron chi connectivity index (χ3n) is 2.96. The quantitative estimate of drug-likeness (QED) is 0.634. The number of carbonyl (C=O) groups excluding carboxylic acids is 1. The number of hydrogen-bond donors (Lipinski definition) is 1. The lowest BCUT2D eigenvalue weighted by atomic mass is 10.1. The molecule has 1 heterocycles. The van der Waals surface area contributed by atoms with Gasteiger partial charge in [0.05, 0.1) is 11.4 Å². The highest BCUT2D eigenvalue weighted by Crippen LogP contribution is 2.32. The number of amides is 1. The predicted octanol–water partition coefficient (Wildman–Crippen LogP) is 2.17. The van der Waals surface area contributed by atoms with Crippen LogP contribution >= 0.6 is 11.6 Å². The number of alkyl halides is 1. The monoisotopic (exact) mass is 238 g/mol. The Kier molecular flexibility index (Phi) is 3.06. The molecule has 1 unspecified atom stereocenters. The number of rotatable bonds is 2. The first-order valence-electron chi connectivity index (χ1n) is 5.35. The second kappa shape index (κ2) is 4.34. The van der Waals surface area contributed by atoms with Crippen LogP contribution in [0.3, 0.4) is 0 Å². The second-order valence-electron chi connectivity index (χ2n) is 4.24. The van der Waals surface area contributed by atoms with Crippen molar-refractivity contribution in [3.8, 4) is 0 Å². The van der Waals surface area contributed by atoms with Crippen LogP contribution in [0.25, 0.3) is 0 Å². The van der Waals surface area contributed by atoms with E-state index in [1.165, 1.54) is 0 Å². The van der Waals surface area contributed by atoms with Crippen LogP contribution in [0.5, 0.6) is 0 Å². The van der Waals surface area contributed by atoms with E-state index >= 15 is 0 Å². The van der Waals surface area contributed by atoms with Crippen molar-refractivity contribution in [1.82, 2.24) is 0 Å². The maximum absolute atomic E-state index is 11.9. The lowest BCUT2D eigenvalue weighted by Gasteiger charge is -2.20. The predicted molar refractivity (Wildman–Crippen MR) is 66.8 cm³/mol. The maximum Gasteiger partial charge on any atom is 0.227 e. The molecule has 1 atom stereocenters. The molecule has 1 saturated heterocycles. The Morgan fingerprint density at radius 1 is 1.56 bits per heavy atom. The molecule has 0 radical (unpaired) electrons. The van der Waals surface area contributed by atoms with Crippen molar-refractivity contribution in [2.75, 3.05) is 23.1 Å². The van der Waals surface area contributed by atoms with Gasteiger partial charge in [-0.15, -0.1) is 11.6 Å². The number of hydrogen-bond acceptors (Lipinski definition) is 2. The first kappa shape index (κ1) is 11.3. The van der Waals surface area contributed by atoms with Gasteiger partial charge >= 0.3 is 0 Å². The van der Waals surface area contributed by atoms with Crippen LogP contribution < -0.4 is 10.6 Å². The van der Waals surface area contributed by atoms with Crippen molar-refractivity contribution in [3.05, 3.63) is 23.8 Å². The number of benzene rings is 1. The number of halogens is 1. The summed E-state index contributed by atoms with van der Waals surface area (Å²) in [6.45, 7) is 2.64. The van der Waals surface area contributed by atoms with Crippen molar-refractivity contribution in [2.45, 2.75) is 13.3 Å². The molecular weight excluding hydrogens is 224 g/mol. The molecule has 1 aliphatic rings. The summed E-state index contributed by atoms with van der Waals surface area (Å²) in [7, 11) is 0. The third-order valence-corrected chi connectivity index (χ3v) is 3.40. The summed E-state index contributed by atoms with van der Waals surface area (Å²) in [6, 6.07) is 5.68. The van der Waals surface area contributed by atoms with E-state index in [0.29, 0.717) is 24.5 Å². The van der Waals surface area contributed by atoms with Crippen LogP contribution in [-0.2, 0) is 4.79 Å². The molecule has 1 amide bonds. The average molecular weight is 239 g/mol. The van der Waals surface area contributed by atoms with E-state index in [1.807, 2.05) is 25.1 Å². The van der Waals surface area contributed by atoms with E-state index in [2.05, 4.69) is 0 Å². The van der Waals surface area contributed by atoms with Gasteiger partial charge in [0.15, 0.2) is 0 Å². The summed E-state index contributed by atoms with van der Waals surface area (Å²) < 4.78 is 0. The molecule has 0 saturated carbocycles. The van der Waals surface area contributed by atoms with Crippen molar-refractivity contribution < 1.29 is 4.79 Å². The Bertz CT molecular complexity index is 399. The summed E-state index contributed by atoms with van der Waals surface area (Å²) in [5.41, 5.74) is 8.46. The molecular formula is C12H15ClN2O. The maximum atomic E-state index is 11.9. The molecule has 0 aliphatic carbocycles. The summed E-state index contributed by atoms with van der Waals surface area (Å²) in [6.07, 6.45) is 0.525. The third kappa shape index (κ3) is 1.87. The van der Waals surface area contributed by atoms with Gasteiger partial charge in [0.1, 0.15) is 0 Å². The summed E-state index contributed by atoms with van der Waals surface area (Å²) >= 11 is 5.80. The number of nitrogen functional groups attached to an aromatic ring is 1. The van der Waals surface area contributed by atoms with Gasteiger partial charge in [0, 0.05) is 18.8 Å². The minimum atomic E-state index is 0.117. The highest BCUT2D eigenvalue weighted by atomic mass is 35.5. The number of anilines is 2. The molecule has 1 aliphatic heterocycles. The lowest BCUT2D eigenvalue weighted by Crippen LogP contribution is -2.26. The highest BCUT2D eigenvalue weighted by molar-refractivity contribution is 6.18. The Hall–Kier alpha value is -1.22. The second-order valence-corrected chi connectivity index (χ2v) is 4.55. The van der Waals surface area contributed by atoms with Crippen LogP contribution in [0.15, 0.2) is 18.2 Å². The first-order chi connectivity index (χ1) is 7.63. The highest BCUT2D eigenvalue weighted by Gasteiger charge is 2.31. The molecule has 1 aromatic carbocycles. The van der Waals surface area contributed by atoms with E-state index in [0.717, 1.165) is 11.3 Å². The van der Waals surface area contributed by atoms with Gasteiger partial charge in [0.25, 0.3) is 0 Å². The van der Waals surface area contributed by atoms with Crippen molar-refractivity contribution >= 4 is 28.9 Å². The standard InChI is InChI=1S/C12H15ClN2O/c1-8-3-2-4-10(14)12(8)15-7-9(6-13)5-11(15)16/h2-4,9H,5-7,14H2,1H3. The van der Waals surface area contributed by atoms with E-state index in [9.17, 15) is 4.79 Å². The molecule has 3 nitrogen and oxygen atoms in total. The number of nitrogens with two attached hydrogens (primary N) is 1. The molecule has 86 valence electrons. The van der Waals surface area contributed by atoms with Gasteiger partial charge in [-0.05, 0) is 24.5 Å². The SMILES string of the molecule is Cc1cccc(N)c1N1CC(CCl)CC1=O. The Morgan fingerprint density at radius 3 is 2.88 bits per heavy atom. The van der Waals surface area contributed by atoms with Gasteiger partial charge in [-0.25, -0.2) is 0 Å². The average Bonchev–Trinajstić information content (AvgIpc) is 2.60. The van der Waals surface area contributed by atoms with Crippen LogP contribution in [0.2, 0.25) is 0 Å². The fraction of sp³-hybridized carbons (Fsp3) is 0.417. The normalized spacial score (nSPS) is 20.5. The van der Waals surface area contributed by atoms with Gasteiger partial charge in [0.2, 0.25) is 5.91 Å². The largest absolute Gasteiger partial charge is 0.397 e. The molecule has 0 bridgehead atoms. The van der Waals surface area contributed by atoms with E-state index < -0.39 is 0 Å². The fourth-order valence-electron chi connectivity index (χ4n) is 2.15. The summed E-state index contributed by atoms with van der Waals surface area (Å²) in [5, 5.41) is 0.